The molecule has 1 unspecified atom stereocenters. The van der Waals surface area contributed by atoms with E-state index in [1.807, 2.05) is 164 Å². The Morgan fingerprint density at radius 3 is 0.852 bits per heavy atom. The number of carbonyl (C=O) groups excluding carboxylic acids is 9. The first-order chi connectivity index (χ1) is 60.9. The van der Waals surface area contributed by atoms with Gasteiger partial charge < -0.3 is 48.5 Å². The molecule has 6 aliphatic heterocycles. The number of hydrogen-bond acceptors (Lipinski definition) is 20. The van der Waals surface area contributed by atoms with Gasteiger partial charge in [-0.1, -0.05) is 244 Å². The molecule has 6 amide bonds. The number of nitrogens with two attached hydrogens (primary N) is 2. The van der Waals surface area contributed by atoms with Gasteiger partial charge in [0.25, 0.3) is 5.24 Å². The summed E-state index contributed by atoms with van der Waals surface area (Å²) >= 11 is 5.16. The molecule has 1 atom stereocenters. The zero-order chi connectivity index (χ0) is 92.9. The first kappa shape index (κ1) is 103. The molecule has 18 rings (SSSR count). The fraction of sp³-hybridized carbons (Fsp3) is 0.165. The zero-order valence-electron chi connectivity index (χ0n) is 70.2. The van der Waals surface area contributed by atoms with Gasteiger partial charge in [-0.25, -0.2) is 0 Å². The molecule has 0 fully saturated rings. The first-order valence-corrected chi connectivity index (χ1v) is 39.5. The standard InChI is InChI=1S/C15H13NO2.2C15H11NO2.2C15H13NO.C8H7NO.C7H5ClO.4CH3NO2.2CH5N.CH4/c3*17-14-9-12-8-11(6-7-13(12)16-14)15(18)10-4-2-1-3-5-10;2*17-15-10-13-9-12(6-7-14(13)16-15)8-11-4-2-1-3-5-11;10-8-5-6-3-1-2-4-7(6)9-8;8-7(9)6-4-2-1-3-5-6;4*1-2(3)4;2*1-2;/h1-8,15,18H,9H2,(H,16,17);2*1-8H,9H2,(H,16,17);2*1-7,9H,8,10H2,(H,16,17);1-4H,5H2,(H,9,10);1-5H;4*1H3;2*2H2,1H3;1H4. The highest BCUT2D eigenvalue weighted by molar-refractivity contribution is 6.67. The van der Waals surface area contributed by atoms with Gasteiger partial charge in [-0.2, -0.15) is 0 Å². The van der Waals surface area contributed by atoms with Gasteiger partial charge in [0.15, 0.2) is 39.8 Å². The summed E-state index contributed by atoms with van der Waals surface area (Å²) in [5.41, 5.74) is 30.3. The molecule has 0 aromatic heterocycles. The van der Waals surface area contributed by atoms with Gasteiger partial charge in [-0.3, -0.25) is 83.6 Å². The summed E-state index contributed by atoms with van der Waals surface area (Å²) in [6.07, 6.45) is 3.85. The number of rotatable bonds is 11. The Hall–Kier alpha value is -15.8. The minimum Gasteiger partial charge on any atom is -0.384 e. The maximum absolute atomic E-state index is 12.2. The highest BCUT2D eigenvalue weighted by Gasteiger charge is 2.24. The van der Waals surface area contributed by atoms with Crippen LogP contribution in [0.25, 0.3) is 0 Å². The lowest BCUT2D eigenvalue weighted by atomic mass is 9.99. The SMILES string of the molecule is C.CN.CN.C[N+](=O)[O-].C[N+](=O)[O-].C[N+](=O)[O-].C[N+](=O)[O-].O=C(Cl)c1ccccc1.O=C1Cc2cc(C(=O)c3ccccc3)ccc2N1.O=C1Cc2cc(C(=O)c3ccccc3)ccc2N1.O=C1Cc2cc(C(O)c3ccccc3)ccc2N1.O=C1Cc2cc(Cc3ccccc3)ccc2N1.O=C1Cc2cc(Cc3ccccc3)ccc2N1.O=C1Cc2ccccc2N1. The van der Waals surface area contributed by atoms with Crippen LogP contribution >= 0.6 is 11.6 Å². The molecule has 0 saturated carbocycles. The molecule has 31 heteroatoms. The van der Waals surface area contributed by atoms with Crippen molar-refractivity contribution in [1.82, 2.24) is 0 Å². The van der Waals surface area contributed by atoms with Crippen LogP contribution in [0.2, 0.25) is 0 Å². The number of nitrogens with one attached hydrogen (secondary N) is 6. The van der Waals surface area contributed by atoms with Gasteiger partial charge in [0.2, 0.25) is 35.4 Å². The van der Waals surface area contributed by atoms with Crippen LogP contribution in [-0.4, -0.2) is 119 Å². The monoisotopic (exact) mass is 1750 g/mol. The Labute approximate surface area is 744 Å². The third kappa shape index (κ3) is 35.6. The van der Waals surface area contributed by atoms with Crippen LogP contribution in [-0.2, 0) is 80.1 Å². The molecule has 0 saturated heterocycles. The van der Waals surface area contributed by atoms with E-state index in [0.717, 1.165) is 120 Å². The molecule has 128 heavy (non-hydrogen) atoms. The number of aliphatic hydroxyl groups is 1. The van der Waals surface area contributed by atoms with E-state index in [1.165, 1.54) is 36.3 Å². The number of ketones is 2. The Morgan fingerprint density at radius 1 is 0.305 bits per heavy atom. The lowest BCUT2D eigenvalue weighted by Gasteiger charge is -2.12. The lowest BCUT2D eigenvalue weighted by Crippen LogP contribution is -2.03. The largest absolute Gasteiger partial charge is 0.384 e. The molecule has 0 radical (unpaired) electrons. The van der Waals surface area contributed by atoms with Crippen molar-refractivity contribution in [2.75, 3.05) is 74.2 Å². The molecule has 6 heterocycles. The summed E-state index contributed by atoms with van der Waals surface area (Å²) in [6.45, 7) is 0. The van der Waals surface area contributed by atoms with Crippen LogP contribution in [0.4, 0.5) is 34.1 Å². The highest BCUT2D eigenvalue weighted by atomic mass is 35.5. The summed E-state index contributed by atoms with van der Waals surface area (Å²) in [5, 5.41) is 61.8. The van der Waals surface area contributed by atoms with Crippen molar-refractivity contribution < 1.29 is 68.0 Å². The summed E-state index contributed by atoms with van der Waals surface area (Å²) < 4.78 is 0. The third-order valence-electron chi connectivity index (χ3n) is 18.0. The number of benzene rings is 12. The van der Waals surface area contributed by atoms with E-state index < -0.39 is 31.0 Å². The van der Waals surface area contributed by atoms with Crippen molar-refractivity contribution in [2.24, 2.45) is 11.5 Å². The van der Waals surface area contributed by atoms with Gasteiger partial charge >= 0.3 is 0 Å². The van der Waals surface area contributed by atoms with Gasteiger partial charge in [-0.05, 0) is 166 Å². The number of anilines is 6. The number of hydrogen-bond donors (Lipinski definition) is 9. The summed E-state index contributed by atoms with van der Waals surface area (Å²) in [4.78, 5) is 135. The van der Waals surface area contributed by atoms with E-state index in [2.05, 4.69) is 91.9 Å². The average molecular weight is 1760 g/mol. The number of aliphatic hydroxyl groups excluding tert-OH is 1. The van der Waals surface area contributed by atoms with Crippen LogP contribution < -0.4 is 43.4 Å². The minimum absolute atomic E-state index is 0. The second-order valence-corrected chi connectivity index (χ2v) is 27.9. The van der Waals surface area contributed by atoms with Crippen molar-refractivity contribution in [3.05, 3.63) is 432 Å². The highest BCUT2D eigenvalue weighted by Crippen LogP contribution is 2.32. The van der Waals surface area contributed by atoms with E-state index >= 15 is 0 Å². The molecule has 30 nitrogen and oxygen atoms in total. The third-order valence-corrected chi connectivity index (χ3v) is 18.2. The maximum Gasteiger partial charge on any atom is 0.252 e. The number of amides is 6. The number of nitrogens with zero attached hydrogens (tertiary/aromatic N) is 4. The predicted octanol–water partition coefficient (Wildman–Crippen LogP) is 15.2. The Bertz CT molecular complexity index is 5470. The van der Waals surface area contributed by atoms with E-state index in [4.69, 9.17) is 52.1 Å². The zero-order valence-corrected chi connectivity index (χ0v) is 71.0. The van der Waals surface area contributed by atoms with Gasteiger partial charge in [-0.15, -0.1) is 0 Å². The molecular weight excluding hydrogens is 1660 g/mol. The van der Waals surface area contributed by atoms with Crippen molar-refractivity contribution in [2.45, 2.75) is 64.9 Å². The Kier molecular flexibility index (Phi) is 43.4. The quantitative estimate of drug-likeness (QED) is 0.0251. The van der Waals surface area contributed by atoms with Gasteiger partial charge in [0.05, 0.1) is 38.5 Å². The molecule has 11 N–H and O–H groups in total. The van der Waals surface area contributed by atoms with Crippen LogP contribution in [0.15, 0.2) is 297 Å². The van der Waals surface area contributed by atoms with E-state index in [0.29, 0.717) is 66.3 Å². The molecular formula is C97H99ClN12O18. The Morgan fingerprint density at radius 2 is 0.547 bits per heavy atom. The van der Waals surface area contributed by atoms with E-state index in [-0.39, 0.29) is 54.4 Å². The molecule has 12 aromatic rings. The summed E-state index contributed by atoms with van der Waals surface area (Å²) in [6, 6.07) is 93.6. The molecule has 12 aromatic carbocycles. The van der Waals surface area contributed by atoms with E-state index in [9.17, 15) is 48.3 Å². The van der Waals surface area contributed by atoms with Crippen LogP contribution in [0.3, 0.4) is 0 Å². The van der Waals surface area contributed by atoms with Crippen molar-refractivity contribution in [1.29, 1.82) is 0 Å². The normalized spacial score (nSPS) is 12.0. The average Bonchev–Trinajstić information content (AvgIpc) is 1.63. The van der Waals surface area contributed by atoms with Crippen LogP contribution in [0, 0.1) is 40.5 Å². The molecule has 662 valence electrons. The molecule has 0 spiro atoms. The van der Waals surface area contributed by atoms with Crippen molar-refractivity contribution in [3.63, 3.8) is 0 Å². The van der Waals surface area contributed by atoms with Crippen LogP contribution in [0.5, 0.6) is 0 Å². The van der Waals surface area contributed by atoms with Gasteiger partial charge in [0, 0.05) is 81.6 Å². The second kappa shape index (κ2) is 54.0. The maximum atomic E-state index is 12.2. The molecule has 6 aliphatic rings. The summed E-state index contributed by atoms with van der Waals surface area (Å²) in [5.74, 6) is 0.227. The Balaban J connectivity index is 0.000000257. The smallest absolute Gasteiger partial charge is 0.252 e. The minimum atomic E-state index is -0.646. The second-order valence-electron chi connectivity index (χ2n) is 27.6. The van der Waals surface area contributed by atoms with Crippen LogP contribution in [0.1, 0.15) is 122 Å². The first-order valence-electron chi connectivity index (χ1n) is 39.2. The molecule has 0 bridgehead atoms. The van der Waals surface area contributed by atoms with E-state index in [1.54, 1.807) is 84.9 Å². The number of nitro groups is 4. The fourth-order valence-corrected chi connectivity index (χ4v) is 12.8. The molecule has 0 aliphatic carbocycles. The lowest BCUT2D eigenvalue weighted by molar-refractivity contribution is -0.445. The topological polar surface area (TPSA) is 471 Å². The number of carbonyl (C=O) groups is 9. The number of fused-ring (bicyclic) bond motifs is 6. The summed E-state index contributed by atoms with van der Waals surface area (Å²) in [7, 11) is 6.56. The van der Waals surface area contributed by atoms with Crippen molar-refractivity contribution in [3.8, 4) is 0 Å². The van der Waals surface area contributed by atoms with Gasteiger partial charge in [0.1, 0.15) is 6.10 Å². The number of para-hydroxylation sites is 1. The predicted molar refractivity (Wildman–Crippen MR) is 497 cm³/mol. The number of halogens is 1. The fourth-order valence-electron chi connectivity index (χ4n) is 12.7. The van der Waals surface area contributed by atoms with Crippen molar-refractivity contribution >= 4 is 98.0 Å².